The average Bonchev–Trinajstić information content (AvgIpc) is 3.02. The monoisotopic (exact) mass is 293 g/mol. The summed E-state index contributed by atoms with van der Waals surface area (Å²) in [6, 6.07) is 4.06. The van der Waals surface area contributed by atoms with Gasteiger partial charge in [0, 0.05) is 23.7 Å². The minimum atomic E-state index is -0.0143. The average molecular weight is 293 g/mol. The minimum absolute atomic E-state index is 0.0143. The summed E-state index contributed by atoms with van der Waals surface area (Å²) in [6.07, 6.45) is 1.80. The molecule has 0 saturated carbocycles. The Kier molecular flexibility index (Phi) is 4.70. The third-order valence-electron chi connectivity index (χ3n) is 2.33. The molecule has 0 spiro atoms. The molecule has 4 nitrogen and oxygen atoms in total. The lowest BCUT2D eigenvalue weighted by Gasteiger charge is -1.97. The lowest BCUT2D eigenvalue weighted by Crippen LogP contribution is -2.17. The van der Waals surface area contributed by atoms with Gasteiger partial charge in [0.2, 0.25) is 5.91 Å². The Bertz CT molecular complexity index is 574. The molecule has 19 heavy (non-hydrogen) atoms. The number of thiophene rings is 1. The topological polar surface area (TPSA) is 54.0 Å². The van der Waals surface area contributed by atoms with Crippen molar-refractivity contribution in [1.82, 2.24) is 10.3 Å². The van der Waals surface area contributed by atoms with Crippen LogP contribution in [0.1, 0.15) is 11.8 Å². The second-order valence-corrected chi connectivity index (χ2v) is 5.91. The maximum Gasteiger partial charge on any atom is 0.217 e. The van der Waals surface area contributed by atoms with E-state index >= 15 is 0 Å². The summed E-state index contributed by atoms with van der Waals surface area (Å²) in [5.74, 6) is -0.0143. The second kappa shape index (κ2) is 6.49. The number of carbonyl (C=O) groups is 1. The first-order valence-electron chi connectivity index (χ1n) is 5.83. The van der Waals surface area contributed by atoms with Gasteiger partial charge in [0.1, 0.15) is 0 Å². The molecular formula is C13H15N3OS2. The number of carbonyl (C=O) groups excluding carboxylic acids is 1. The van der Waals surface area contributed by atoms with Crippen LogP contribution < -0.4 is 10.6 Å². The van der Waals surface area contributed by atoms with E-state index in [1.165, 1.54) is 6.92 Å². The molecular weight excluding hydrogens is 278 g/mol. The molecule has 2 N–H and O–H groups in total. The zero-order valence-corrected chi connectivity index (χ0v) is 12.2. The molecule has 0 aliphatic carbocycles. The van der Waals surface area contributed by atoms with Gasteiger partial charge in [0.15, 0.2) is 5.13 Å². The molecule has 2 aromatic rings. The Morgan fingerprint density at radius 3 is 3.11 bits per heavy atom. The number of hydrogen-bond donors (Lipinski definition) is 2. The number of amides is 1. The van der Waals surface area contributed by atoms with Crippen molar-refractivity contribution in [1.29, 1.82) is 0 Å². The summed E-state index contributed by atoms with van der Waals surface area (Å²) >= 11 is 3.23. The van der Waals surface area contributed by atoms with Gasteiger partial charge in [0.05, 0.1) is 17.1 Å². The van der Waals surface area contributed by atoms with Gasteiger partial charge in [-0.2, -0.15) is 0 Å². The molecule has 0 fully saturated rings. The highest BCUT2D eigenvalue weighted by atomic mass is 32.1. The minimum Gasteiger partial charge on any atom is -0.358 e. The SMILES string of the molecule is C=CCNc1nc(-c2ccc(CNC(C)=O)s2)cs1. The predicted molar refractivity (Wildman–Crippen MR) is 81.6 cm³/mol. The second-order valence-electron chi connectivity index (χ2n) is 3.88. The van der Waals surface area contributed by atoms with E-state index in [1.807, 2.05) is 17.5 Å². The highest BCUT2D eigenvalue weighted by molar-refractivity contribution is 7.17. The zero-order chi connectivity index (χ0) is 13.7. The van der Waals surface area contributed by atoms with Crippen LogP contribution in [0.2, 0.25) is 0 Å². The van der Waals surface area contributed by atoms with Crippen molar-refractivity contribution in [3.8, 4) is 10.6 Å². The van der Waals surface area contributed by atoms with E-state index in [4.69, 9.17) is 0 Å². The van der Waals surface area contributed by atoms with E-state index in [1.54, 1.807) is 28.7 Å². The molecule has 0 saturated heterocycles. The van der Waals surface area contributed by atoms with Gasteiger partial charge in [-0.3, -0.25) is 4.79 Å². The summed E-state index contributed by atoms with van der Waals surface area (Å²) in [4.78, 5) is 17.6. The van der Waals surface area contributed by atoms with E-state index in [2.05, 4.69) is 22.2 Å². The Morgan fingerprint density at radius 1 is 1.53 bits per heavy atom. The zero-order valence-electron chi connectivity index (χ0n) is 10.6. The maximum absolute atomic E-state index is 10.9. The normalized spacial score (nSPS) is 10.2. The van der Waals surface area contributed by atoms with E-state index < -0.39 is 0 Å². The van der Waals surface area contributed by atoms with Crippen molar-refractivity contribution < 1.29 is 4.79 Å². The van der Waals surface area contributed by atoms with Crippen LogP contribution in [0.4, 0.5) is 5.13 Å². The van der Waals surface area contributed by atoms with E-state index in [0.717, 1.165) is 20.6 Å². The Morgan fingerprint density at radius 2 is 2.37 bits per heavy atom. The molecule has 0 aliphatic rings. The fourth-order valence-corrected chi connectivity index (χ4v) is 3.15. The molecule has 0 unspecified atom stereocenters. The fourth-order valence-electron chi connectivity index (χ4n) is 1.45. The maximum atomic E-state index is 10.9. The van der Waals surface area contributed by atoms with Crippen LogP contribution >= 0.6 is 22.7 Å². The fraction of sp³-hybridized carbons (Fsp3) is 0.231. The molecule has 0 bridgehead atoms. The molecule has 6 heteroatoms. The number of thiazole rings is 1. The Labute approximate surface area is 120 Å². The molecule has 100 valence electrons. The molecule has 0 aromatic carbocycles. The van der Waals surface area contributed by atoms with Crippen molar-refractivity contribution in [2.45, 2.75) is 13.5 Å². The molecule has 0 radical (unpaired) electrons. The quantitative estimate of drug-likeness (QED) is 0.805. The molecule has 2 rings (SSSR count). The van der Waals surface area contributed by atoms with E-state index in [-0.39, 0.29) is 5.91 Å². The van der Waals surface area contributed by atoms with Crippen LogP contribution in [0.25, 0.3) is 10.6 Å². The van der Waals surface area contributed by atoms with Gasteiger partial charge in [-0.05, 0) is 12.1 Å². The number of hydrogen-bond acceptors (Lipinski definition) is 5. The van der Waals surface area contributed by atoms with Crippen LogP contribution in [-0.4, -0.2) is 17.4 Å². The number of nitrogens with one attached hydrogen (secondary N) is 2. The molecule has 0 aliphatic heterocycles. The van der Waals surface area contributed by atoms with Gasteiger partial charge in [-0.15, -0.1) is 29.3 Å². The lowest BCUT2D eigenvalue weighted by molar-refractivity contribution is -0.119. The van der Waals surface area contributed by atoms with E-state index in [0.29, 0.717) is 13.1 Å². The summed E-state index contributed by atoms with van der Waals surface area (Å²) in [6.45, 7) is 6.47. The Balaban J connectivity index is 2.03. The summed E-state index contributed by atoms with van der Waals surface area (Å²) < 4.78 is 0. The van der Waals surface area contributed by atoms with Gasteiger partial charge in [-0.1, -0.05) is 6.08 Å². The third kappa shape index (κ3) is 3.90. The van der Waals surface area contributed by atoms with Crippen LogP contribution in [-0.2, 0) is 11.3 Å². The van der Waals surface area contributed by atoms with Crippen LogP contribution in [0.5, 0.6) is 0 Å². The van der Waals surface area contributed by atoms with Crippen molar-refractivity contribution in [2.75, 3.05) is 11.9 Å². The van der Waals surface area contributed by atoms with Crippen molar-refractivity contribution in [3.05, 3.63) is 35.0 Å². The number of anilines is 1. The largest absolute Gasteiger partial charge is 0.358 e. The van der Waals surface area contributed by atoms with Gasteiger partial charge in [-0.25, -0.2) is 4.98 Å². The number of aromatic nitrogens is 1. The first-order valence-corrected chi connectivity index (χ1v) is 7.52. The predicted octanol–water partition coefficient (Wildman–Crippen LogP) is 3.11. The Hall–Kier alpha value is -1.66. The van der Waals surface area contributed by atoms with Crippen molar-refractivity contribution in [3.63, 3.8) is 0 Å². The number of rotatable bonds is 6. The summed E-state index contributed by atoms with van der Waals surface area (Å²) in [7, 11) is 0. The van der Waals surface area contributed by atoms with Crippen molar-refractivity contribution >= 4 is 33.7 Å². The highest BCUT2D eigenvalue weighted by Crippen LogP contribution is 2.30. The first kappa shape index (κ1) is 13.8. The van der Waals surface area contributed by atoms with Gasteiger partial charge in [0.25, 0.3) is 0 Å². The standard InChI is InChI=1S/C13H15N3OS2/c1-3-6-14-13-16-11(8-18-13)12-5-4-10(19-12)7-15-9(2)17/h3-5,8H,1,6-7H2,2H3,(H,14,16)(H,15,17). The smallest absolute Gasteiger partial charge is 0.217 e. The van der Waals surface area contributed by atoms with Crippen LogP contribution in [0.15, 0.2) is 30.2 Å². The highest BCUT2D eigenvalue weighted by Gasteiger charge is 2.07. The summed E-state index contributed by atoms with van der Waals surface area (Å²) in [5, 5.41) is 8.88. The van der Waals surface area contributed by atoms with Crippen molar-refractivity contribution in [2.24, 2.45) is 0 Å². The molecule has 2 heterocycles. The lowest BCUT2D eigenvalue weighted by atomic mass is 10.3. The summed E-state index contributed by atoms with van der Waals surface area (Å²) in [5.41, 5.74) is 0.968. The molecule has 0 atom stereocenters. The molecule has 2 aromatic heterocycles. The van der Waals surface area contributed by atoms with Crippen LogP contribution in [0.3, 0.4) is 0 Å². The van der Waals surface area contributed by atoms with Gasteiger partial charge >= 0.3 is 0 Å². The van der Waals surface area contributed by atoms with E-state index in [9.17, 15) is 4.79 Å². The molecule has 1 amide bonds. The first-order chi connectivity index (χ1) is 9.19. The van der Waals surface area contributed by atoms with Crippen LogP contribution in [0, 0.1) is 0 Å². The third-order valence-corrected chi connectivity index (χ3v) is 4.24. The number of nitrogens with zero attached hydrogens (tertiary/aromatic N) is 1. The van der Waals surface area contributed by atoms with Gasteiger partial charge < -0.3 is 10.6 Å².